The minimum absolute atomic E-state index is 0.237. The zero-order valence-electron chi connectivity index (χ0n) is 11.1. The van der Waals surface area contributed by atoms with E-state index in [4.69, 9.17) is 10.8 Å². The summed E-state index contributed by atoms with van der Waals surface area (Å²) in [6.07, 6.45) is 3.67. The van der Waals surface area contributed by atoms with Crippen LogP contribution >= 0.6 is 0 Å². The lowest BCUT2D eigenvalue weighted by Crippen LogP contribution is -2.46. The lowest BCUT2D eigenvalue weighted by Gasteiger charge is -2.46. The molecule has 18 heavy (non-hydrogen) atoms. The van der Waals surface area contributed by atoms with Gasteiger partial charge in [0, 0.05) is 30.7 Å². The van der Waals surface area contributed by atoms with Gasteiger partial charge in [0.25, 0.3) is 0 Å². The third-order valence-corrected chi connectivity index (χ3v) is 4.49. The Morgan fingerprint density at radius 3 is 2.94 bits per heavy atom. The van der Waals surface area contributed by atoms with Crippen molar-refractivity contribution in [3.8, 4) is 0 Å². The van der Waals surface area contributed by atoms with Crippen LogP contribution in [0.25, 0.3) is 0 Å². The Morgan fingerprint density at radius 1 is 1.39 bits per heavy atom. The molecule has 0 aromatic heterocycles. The number of nitrogens with zero attached hydrogens (tertiary/aromatic N) is 1. The number of rotatable bonds is 2. The number of hydrogen-bond acceptors (Lipinski definition) is 3. The van der Waals surface area contributed by atoms with Gasteiger partial charge in [-0.05, 0) is 48.1 Å². The summed E-state index contributed by atoms with van der Waals surface area (Å²) in [6, 6.07) is 4.30. The highest BCUT2D eigenvalue weighted by atomic mass is 16.3. The number of nitrogens with two attached hydrogens (primary N) is 1. The molecule has 3 heteroatoms. The topological polar surface area (TPSA) is 49.5 Å². The molecule has 1 unspecified atom stereocenters. The molecule has 0 saturated carbocycles. The minimum atomic E-state index is 0.237. The quantitative estimate of drug-likeness (QED) is 0.780. The van der Waals surface area contributed by atoms with Gasteiger partial charge in [-0.1, -0.05) is 6.92 Å². The molecule has 3 rings (SSSR count). The maximum Gasteiger partial charge on any atom is 0.0558 e. The molecule has 3 nitrogen and oxygen atoms in total. The third-order valence-electron chi connectivity index (χ3n) is 4.49. The SMILES string of the molecule is CC12CCCc3cc(N)cc(c31)CN(CCO)C2. The van der Waals surface area contributed by atoms with Crippen LogP contribution in [-0.4, -0.2) is 29.7 Å². The second-order valence-corrected chi connectivity index (χ2v) is 6.06. The summed E-state index contributed by atoms with van der Waals surface area (Å²) < 4.78 is 0. The molecule has 1 atom stereocenters. The molecule has 0 amide bonds. The van der Waals surface area contributed by atoms with Crippen LogP contribution in [0.2, 0.25) is 0 Å². The highest BCUT2D eigenvalue weighted by Crippen LogP contribution is 2.44. The second kappa shape index (κ2) is 4.25. The number of anilines is 1. The van der Waals surface area contributed by atoms with E-state index in [0.29, 0.717) is 0 Å². The van der Waals surface area contributed by atoms with Crippen molar-refractivity contribution in [1.82, 2.24) is 4.90 Å². The van der Waals surface area contributed by atoms with Crippen molar-refractivity contribution in [3.05, 3.63) is 28.8 Å². The molecule has 1 aliphatic heterocycles. The Bertz CT molecular complexity index is 472. The van der Waals surface area contributed by atoms with Crippen LogP contribution in [0.15, 0.2) is 12.1 Å². The lowest BCUT2D eigenvalue weighted by molar-refractivity contribution is 0.137. The summed E-state index contributed by atoms with van der Waals surface area (Å²) in [5, 5.41) is 9.17. The summed E-state index contributed by atoms with van der Waals surface area (Å²) in [6.45, 7) is 5.37. The minimum Gasteiger partial charge on any atom is -0.399 e. The summed E-state index contributed by atoms with van der Waals surface area (Å²) in [7, 11) is 0. The molecule has 0 fully saturated rings. The molecule has 1 aromatic rings. The smallest absolute Gasteiger partial charge is 0.0558 e. The molecule has 1 aliphatic carbocycles. The van der Waals surface area contributed by atoms with Crippen molar-refractivity contribution in [2.45, 2.75) is 38.1 Å². The normalized spacial score (nSPS) is 27.0. The van der Waals surface area contributed by atoms with Crippen molar-refractivity contribution >= 4 is 5.69 Å². The number of hydrogen-bond donors (Lipinski definition) is 2. The lowest BCUT2D eigenvalue weighted by atomic mass is 9.67. The number of aryl methyl sites for hydroxylation is 1. The Balaban J connectivity index is 2.08. The van der Waals surface area contributed by atoms with Crippen LogP contribution < -0.4 is 5.73 Å². The highest BCUT2D eigenvalue weighted by molar-refractivity contribution is 5.54. The summed E-state index contributed by atoms with van der Waals surface area (Å²) in [5.74, 6) is 0. The van der Waals surface area contributed by atoms with E-state index in [1.807, 2.05) is 0 Å². The fraction of sp³-hybridized carbons (Fsp3) is 0.600. The van der Waals surface area contributed by atoms with E-state index in [-0.39, 0.29) is 12.0 Å². The number of β-amino-alcohol motifs (C(OH)–C–C–N with tert-alkyl or cyclic N) is 1. The van der Waals surface area contributed by atoms with E-state index in [0.717, 1.165) is 25.3 Å². The standard InChI is InChI=1S/C15H22N2O/c1-15-4-2-3-11-7-13(16)8-12(14(11)15)9-17(10-15)5-6-18/h7-8,18H,2-6,9-10,16H2,1H3. The van der Waals surface area contributed by atoms with Gasteiger partial charge >= 0.3 is 0 Å². The van der Waals surface area contributed by atoms with E-state index in [9.17, 15) is 0 Å². The maximum absolute atomic E-state index is 9.17. The van der Waals surface area contributed by atoms with Gasteiger partial charge in [-0.15, -0.1) is 0 Å². The molecule has 0 spiro atoms. The summed E-state index contributed by atoms with van der Waals surface area (Å²) >= 11 is 0. The summed E-state index contributed by atoms with van der Waals surface area (Å²) in [5.41, 5.74) is 11.6. The van der Waals surface area contributed by atoms with E-state index in [2.05, 4.69) is 24.0 Å². The van der Waals surface area contributed by atoms with Crippen molar-refractivity contribution in [3.63, 3.8) is 0 Å². The van der Waals surface area contributed by atoms with Gasteiger partial charge in [0.05, 0.1) is 6.61 Å². The average Bonchev–Trinajstić information content (AvgIpc) is 2.27. The first-order valence-electron chi connectivity index (χ1n) is 6.87. The monoisotopic (exact) mass is 246 g/mol. The van der Waals surface area contributed by atoms with Gasteiger partial charge in [0.15, 0.2) is 0 Å². The molecule has 0 radical (unpaired) electrons. The van der Waals surface area contributed by atoms with Gasteiger partial charge < -0.3 is 10.8 Å². The molecule has 3 N–H and O–H groups in total. The van der Waals surface area contributed by atoms with E-state index < -0.39 is 0 Å². The Labute approximate surface area is 109 Å². The number of aliphatic hydroxyl groups is 1. The van der Waals surface area contributed by atoms with Crippen LogP contribution in [0.5, 0.6) is 0 Å². The van der Waals surface area contributed by atoms with Crippen molar-refractivity contribution in [1.29, 1.82) is 0 Å². The predicted molar refractivity (Wildman–Crippen MR) is 73.5 cm³/mol. The summed E-state index contributed by atoms with van der Waals surface area (Å²) in [4.78, 5) is 2.36. The zero-order valence-corrected chi connectivity index (χ0v) is 11.1. The molecular weight excluding hydrogens is 224 g/mol. The van der Waals surface area contributed by atoms with E-state index in [1.54, 1.807) is 5.56 Å². The Hall–Kier alpha value is -1.06. The number of benzene rings is 1. The van der Waals surface area contributed by atoms with Crippen molar-refractivity contribution < 1.29 is 5.11 Å². The predicted octanol–water partition coefficient (Wildman–Crippen LogP) is 1.67. The van der Waals surface area contributed by atoms with Gasteiger partial charge in [0.2, 0.25) is 0 Å². The first-order valence-corrected chi connectivity index (χ1v) is 6.87. The Kier molecular flexibility index (Phi) is 2.83. The van der Waals surface area contributed by atoms with Crippen LogP contribution in [0.1, 0.15) is 36.5 Å². The van der Waals surface area contributed by atoms with Gasteiger partial charge in [0.1, 0.15) is 0 Å². The molecule has 2 aliphatic rings. The van der Waals surface area contributed by atoms with E-state index in [1.165, 1.54) is 30.4 Å². The fourth-order valence-electron chi connectivity index (χ4n) is 3.93. The van der Waals surface area contributed by atoms with Gasteiger partial charge in [-0.25, -0.2) is 0 Å². The number of aliphatic hydroxyl groups excluding tert-OH is 1. The molecular formula is C15H22N2O. The molecule has 0 saturated heterocycles. The molecule has 1 heterocycles. The highest BCUT2D eigenvalue weighted by Gasteiger charge is 2.39. The van der Waals surface area contributed by atoms with Gasteiger partial charge in [-0.3, -0.25) is 4.90 Å². The number of nitrogen functional groups attached to an aromatic ring is 1. The maximum atomic E-state index is 9.17. The van der Waals surface area contributed by atoms with Crippen molar-refractivity contribution in [2.75, 3.05) is 25.4 Å². The van der Waals surface area contributed by atoms with E-state index >= 15 is 0 Å². The average molecular weight is 246 g/mol. The zero-order chi connectivity index (χ0) is 12.8. The largest absolute Gasteiger partial charge is 0.399 e. The van der Waals surface area contributed by atoms with Crippen LogP contribution in [-0.2, 0) is 18.4 Å². The second-order valence-electron chi connectivity index (χ2n) is 6.06. The van der Waals surface area contributed by atoms with Crippen molar-refractivity contribution in [2.24, 2.45) is 0 Å². The Morgan fingerprint density at radius 2 is 2.17 bits per heavy atom. The van der Waals surface area contributed by atoms with Crippen LogP contribution in [0.4, 0.5) is 5.69 Å². The molecule has 1 aromatic carbocycles. The third kappa shape index (κ3) is 1.82. The molecule has 0 bridgehead atoms. The van der Waals surface area contributed by atoms with Crippen LogP contribution in [0.3, 0.4) is 0 Å². The first kappa shape index (κ1) is 12.0. The molecule has 98 valence electrons. The first-order chi connectivity index (χ1) is 8.62. The fourth-order valence-corrected chi connectivity index (χ4v) is 3.93. The van der Waals surface area contributed by atoms with Crippen LogP contribution in [0, 0.1) is 0 Å². The van der Waals surface area contributed by atoms with Gasteiger partial charge in [-0.2, -0.15) is 0 Å².